The lowest BCUT2D eigenvalue weighted by Gasteiger charge is -2.41. The molecule has 1 unspecified atom stereocenters. The van der Waals surface area contributed by atoms with Crippen molar-refractivity contribution in [2.75, 3.05) is 7.11 Å². The molecule has 0 spiro atoms. The highest BCUT2D eigenvalue weighted by Crippen LogP contribution is 2.41. The lowest BCUT2D eigenvalue weighted by molar-refractivity contribution is -0.0999. The molecule has 1 aliphatic rings. The van der Waals surface area contributed by atoms with Gasteiger partial charge in [-0.05, 0) is 37.0 Å². The molecule has 2 nitrogen and oxygen atoms in total. The molecule has 1 aromatic carbocycles. The van der Waals surface area contributed by atoms with Crippen LogP contribution in [0.15, 0.2) is 24.3 Å². The number of benzene rings is 1. The first-order valence-electron chi connectivity index (χ1n) is 5.64. The molecule has 0 radical (unpaired) electrons. The molecule has 1 saturated carbocycles. The topological polar surface area (TPSA) is 29.5 Å². The zero-order valence-corrected chi connectivity index (χ0v) is 10.2. The molecule has 2 rings (SSSR count). The van der Waals surface area contributed by atoms with E-state index in [0.29, 0.717) is 11.4 Å². The van der Waals surface area contributed by atoms with Gasteiger partial charge in [-0.1, -0.05) is 23.7 Å². The molecule has 1 N–H and O–H groups in total. The Kier molecular flexibility index (Phi) is 3.53. The van der Waals surface area contributed by atoms with Crippen LogP contribution in [0.2, 0.25) is 5.02 Å². The lowest BCUT2D eigenvalue weighted by atomic mass is 9.75. The third-order valence-corrected chi connectivity index (χ3v) is 3.77. The molecule has 1 atom stereocenters. The van der Waals surface area contributed by atoms with E-state index in [1.807, 2.05) is 12.1 Å². The molecule has 88 valence electrons. The zero-order valence-electron chi connectivity index (χ0n) is 9.45. The molecule has 1 aliphatic carbocycles. The van der Waals surface area contributed by atoms with E-state index in [2.05, 4.69) is 0 Å². The van der Waals surface area contributed by atoms with Crippen LogP contribution < -0.4 is 0 Å². The molecule has 0 aliphatic heterocycles. The first-order chi connectivity index (χ1) is 7.65. The maximum absolute atomic E-state index is 10.1. The first-order valence-corrected chi connectivity index (χ1v) is 6.02. The molecule has 0 heterocycles. The Hall–Kier alpha value is -0.570. The summed E-state index contributed by atoms with van der Waals surface area (Å²) in [6, 6.07) is 7.35. The monoisotopic (exact) mass is 240 g/mol. The van der Waals surface area contributed by atoms with E-state index in [1.54, 1.807) is 19.2 Å². The number of rotatable bonds is 4. The van der Waals surface area contributed by atoms with Crippen molar-refractivity contribution >= 4 is 11.6 Å². The van der Waals surface area contributed by atoms with Crippen LogP contribution in [-0.2, 0) is 4.74 Å². The first kappa shape index (κ1) is 11.9. The minimum Gasteiger partial charge on any atom is -0.388 e. The van der Waals surface area contributed by atoms with Crippen LogP contribution in [0, 0.1) is 0 Å². The van der Waals surface area contributed by atoms with Crippen LogP contribution >= 0.6 is 11.6 Å². The van der Waals surface area contributed by atoms with Gasteiger partial charge in [0, 0.05) is 18.6 Å². The standard InChI is InChI=1S/C13H17ClO2/c1-16-13(7-2-8-13)9-12(15)10-3-5-11(14)6-4-10/h3-6,12,15H,2,7-9H2,1H3. The largest absolute Gasteiger partial charge is 0.388 e. The van der Waals surface area contributed by atoms with Crippen molar-refractivity contribution in [1.29, 1.82) is 0 Å². The van der Waals surface area contributed by atoms with Gasteiger partial charge >= 0.3 is 0 Å². The van der Waals surface area contributed by atoms with E-state index >= 15 is 0 Å². The summed E-state index contributed by atoms with van der Waals surface area (Å²) in [5.41, 5.74) is 0.812. The normalized spacial score (nSPS) is 20.2. The van der Waals surface area contributed by atoms with E-state index in [1.165, 1.54) is 6.42 Å². The second-order valence-electron chi connectivity index (χ2n) is 4.51. The van der Waals surface area contributed by atoms with Gasteiger partial charge in [-0.25, -0.2) is 0 Å². The van der Waals surface area contributed by atoms with Crippen molar-refractivity contribution in [3.63, 3.8) is 0 Å². The van der Waals surface area contributed by atoms with Gasteiger partial charge in [0.15, 0.2) is 0 Å². The fourth-order valence-corrected chi connectivity index (χ4v) is 2.34. The number of hydrogen-bond acceptors (Lipinski definition) is 2. The van der Waals surface area contributed by atoms with E-state index < -0.39 is 6.10 Å². The van der Waals surface area contributed by atoms with Crippen LogP contribution in [0.5, 0.6) is 0 Å². The summed E-state index contributed by atoms with van der Waals surface area (Å²) >= 11 is 5.81. The van der Waals surface area contributed by atoms with Crippen LogP contribution in [0.4, 0.5) is 0 Å². The van der Waals surface area contributed by atoms with Crippen molar-refractivity contribution in [3.05, 3.63) is 34.9 Å². The second-order valence-corrected chi connectivity index (χ2v) is 4.95. The molecule has 0 bridgehead atoms. The maximum Gasteiger partial charge on any atom is 0.0817 e. The lowest BCUT2D eigenvalue weighted by Crippen LogP contribution is -2.40. The van der Waals surface area contributed by atoms with Gasteiger partial charge in [0.25, 0.3) is 0 Å². The highest BCUT2D eigenvalue weighted by molar-refractivity contribution is 6.30. The summed E-state index contributed by atoms with van der Waals surface area (Å²) in [6.45, 7) is 0. The van der Waals surface area contributed by atoms with Crippen molar-refractivity contribution in [2.45, 2.75) is 37.4 Å². The molecule has 0 saturated heterocycles. The molecule has 3 heteroatoms. The van der Waals surface area contributed by atoms with Gasteiger partial charge in [-0.15, -0.1) is 0 Å². The smallest absolute Gasteiger partial charge is 0.0817 e. The van der Waals surface area contributed by atoms with Gasteiger partial charge < -0.3 is 9.84 Å². The van der Waals surface area contributed by atoms with Crippen molar-refractivity contribution in [1.82, 2.24) is 0 Å². The SMILES string of the molecule is COC1(CC(O)c2ccc(Cl)cc2)CCC1. The van der Waals surface area contributed by atoms with Gasteiger partial charge in [-0.3, -0.25) is 0 Å². The predicted molar refractivity (Wildman–Crippen MR) is 64.6 cm³/mol. The number of aliphatic hydroxyl groups excluding tert-OH is 1. The summed E-state index contributed by atoms with van der Waals surface area (Å²) in [5, 5.41) is 10.8. The summed E-state index contributed by atoms with van der Waals surface area (Å²) in [4.78, 5) is 0. The second kappa shape index (κ2) is 4.74. The summed E-state index contributed by atoms with van der Waals surface area (Å²) in [7, 11) is 1.73. The number of aliphatic hydroxyl groups is 1. The summed E-state index contributed by atoms with van der Waals surface area (Å²) in [6.07, 6.45) is 3.51. The summed E-state index contributed by atoms with van der Waals surface area (Å²) in [5.74, 6) is 0. The quantitative estimate of drug-likeness (QED) is 0.875. The minimum atomic E-state index is -0.461. The maximum atomic E-state index is 10.1. The average molecular weight is 241 g/mol. The summed E-state index contributed by atoms with van der Waals surface area (Å²) < 4.78 is 5.50. The fraction of sp³-hybridized carbons (Fsp3) is 0.538. The van der Waals surface area contributed by atoms with Crippen molar-refractivity contribution < 1.29 is 9.84 Å². The minimum absolute atomic E-state index is 0.0982. The van der Waals surface area contributed by atoms with Crippen molar-refractivity contribution in [2.24, 2.45) is 0 Å². The highest BCUT2D eigenvalue weighted by Gasteiger charge is 2.38. The van der Waals surface area contributed by atoms with E-state index in [9.17, 15) is 5.11 Å². The third kappa shape index (κ3) is 2.40. The van der Waals surface area contributed by atoms with E-state index in [-0.39, 0.29) is 5.60 Å². The van der Waals surface area contributed by atoms with Crippen molar-refractivity contribution in [3.8, 4) is 0 Å². The van der Waals surface area contributed by atoms with Gasteiger partial charge in [-0.2, -0.15) is 0 Å². The van der Waals surface area contributed by atoms with E-state index in [0.717, 1.165) is 18.4 Å². The average Bonchev–Trinajstić information content (AvgIpc) is 2.24. The van der Waals surface area contributed by atoms with Gasteiger partial charge in [0.2, 0.25) is 0 Å². The number of methoxy groups -OCH3 is 1. The molecular formula is C13H17ClO2. The Bertz CT molecular complexity index is 338. The van der Waals surface area contributed by atoms with Crippen LogP contribution in [0.1, 0.15) is 37.4 Å². The third-order valence-electron chi connectivity index (χ3n) is 3.52. The molecule has 1 fully saturated rings. The fourth-order valence-electron chi connectivity index (χ4n) is 2.22. The predicted octanol–water partition coefficient (Wildman–Crippen LogP) is 3.33. The van der Waals surface area contributed by atoms with Gasteiger partial charge in [0.1, 0.15) is 0 Å². The Morgan fingerprint density at radius 1 is 1.38 bits per heavy atom. The molecule has 1 aromatic rings. The van der Waals surface area contributed by atoms with Gasteiger partial charge in [0.05, 0.1) is 11.7 Å². The van der Waals surface area contributed by atoms with E-state index in [4.69, 9.17) is 16.3 Å². The Balaban J connectivity index is 2.02. The Morgan fingerprint density at radius 2 is 2.00 bits per heavy atom. The zero-order chi connectivity index (χ0) is 11.6. The number of ether oxygens (including phenoxy) is 1. The van der Waals surface area contributed by atoms with Crippen LogP contribution in [0.25, 0.3) is 0 Å². The van der Waals surface area contributed by atoms with Crippen LogP contribution in [-0.4, -0.2) is 17.8 Å². The highest BCUT2D eigenvalue weighted by atomic mass is 35.5. The molecule has 16 heavy (non-hydrogen) atoms. The Labute approximate surface area is 101 Å². The van der Waals surface area contributed by atoms with Crippen LogP contribution in [0.3, 0.4) is 0 Å². The number of hydrogen-bond donors (Lipinski definition) is 1. The molecule has 0 amide bonds. The molecule has 0 aromatic heterocycles. The molecular weight excluding hydrogens is 224 g/mol. The number of halogens is 1. The Morgan fingerprint density at radius 3 is 2.44 bits per heavy atom.